The van der Waals surface area contributed by atoms with Crippen LogP contribution in [0.4, 0.5) is 5.69 Å². The van der Waals surface area contributed by atoms with Gasteiger partial charge in [-0.2, -0.15) is 20.5 Å². The number of nitrogens with zero attached hydrogens (tertiary/aromatic N) is 4. The van der Waals surface area contributed by atoms with Crippen molar-refractivity contribution in [3.05, 3.63) is 118 Å². The molecule has 9 nitrogen and oxygen atoms in total. The van der Waals surface area contributed by atoms with Crippen molar-refractivity contribution in [2.75, 3.05) is 29.9 Å². The van der Waals surface area contributed by atoms with Gasteiger partial charge in [0.25, 0.3) is 26.0 Å². The van der Waals surface area contributed by atoms with Gasteiger partial charge in [-0.1, -0.05) is 59.6 Å². The monoisotopic (exact) mass is 644 g/mol. The van der Waals surface area contributed by atoms with Crippen LogP contribution >= 0.6 is 23.2 Å². The molecule has 0 N–H and O–H groups in total. The Bertz CT molecular complexity index is 1740. The molecule has 0 saturated carbocycles. The van der Waals surface area contributed by atoms with Crippen molar-refractivity contribution in [1.29, 1.82) is 0 Å². The first-order chi connectivity index (χ1) is 20.1. The van der Waals surface area contributed by atoms with Gasteiger partial charge in [0.15, 0.2) is 0 Å². The van der Waals surface area contributed by atoms with E-state index in [4.69, 9.17) is 23.2 Å². The number of rotatable bonds is 8. The molecule has 2 heterocycles. The van der Waals surface area contributed by atoms with Crippen LogP contribution in [0.2, 0.25) is 10.0 Å². The summed E-state index contributed by atoms with van der Waals surface area (Å²) in [6.07, 6.45) is 3.16. The highest BCUT2D eigenvalue weighted by atomic mass is 35.5. The van der Waals surface area contributed by atoms with E-state index in [1.807, 2.05) is 0 Å². The topological polar surface area (TPSA) is 108 Å². The molecule has 0 aliphatic carbocycles. The summed E-state index contributed by atoms with van der Waals surface area (Å²) in [5, 5.41) is -0.238. The summed E-state index contributed by atoms with van der Waals surface area (Å²) < 4.78 is 56.3. The highest BCUT2D eigenvalue weighted by Crippen LogP contribution is 2.36. The first-order valence-corrected chi connectivity index (χ1v) is 16.5. The van der Waals surface area contributed by atoms with Crippen molar-refractivity contribution in [2.45, 2.75) is 16.3 Å². The third kappa shape index (κ3) is 6.16. The van der Waals surface area contributed by atoms with Crippen molar-refractivity contribution < 1.29 is 21.6 Å². The Balaban J connectivity index is 1.44. The number of hydrogen-bond acceptors (Lipinski definition) is 7. The maximum atomic E-state index is 14.0. The number of carbonyl (C=O) groups is 1. The van der Waals surface area contributed by atoms with E-state index in [0.29, 0.717) is 47.6 Å². The number of amides is 1. The number of piperazine rings is 1. The molecule has 13 heteroatoms. The average molecular weight is 646 g/mol. The minimum absolute atomic E-state index is 0.0854. The molecule has 5 rings (SSSR count). The molecule has 1 aliphatic rings. The molecule has 1 amide bonds. The molecule has 0 unspecified atom stereocenters. The summed E-state index contributed by atoms with van der Waals surface area (Å²) in [6.45, 7) is 2.57. The zero-order valence-corrected chi connectivity index (χ0v) is 25.3. The van der Waals surface area contributed by atoms with Crippen LogP contribution in [-0.4, -0.2) is 63.7 Å². The van der Waals surface area contributed by atoms with E-state index >= 15 is 0 Å². The van der Waals surface area contributed by atoms with Crippen molar-refractivity contribution in [3.63, 3.8) is 0 Å². The second-order valence-electron chi connectivity index (χ2n) is 9.55. The van der Waals surface area contributed by atoms with Crippen LogP contribution in [0.1, 0.15) is 15.9 Å². The normalized spacial score (nSPS) is 14.5. The van der Waals surface area contributed by atoms with Gasteiger partial charge in [-0.15, -0.1) is 0 Å². The van der Waals surface area contributed by atoms with Gasteiger partial charge in [0.2, 0.25) is 0 Å². The van der Waals surface area contributed by atoms with Crippen LogP contribution in [0.5, 0.6) is 0 Å². The number of hydrogen-bond donors (Lipinski definition) is 0. The average Bonchev–Trinajstić information content (AvgIpc) is 2.98. The molecule has 42 heavy (non-hydrogen) atoms. The first kappa shape index (κ1) is 30.0. The van der Waals surface area contributed by atoms with Gasteiger partial charge >= 0.3 is 0 Å². The number of aromatic nitrogens is 1. The number of halogens is 2. The molecular formula is C29H26Cl2N4O5S2. The van der Waals surface area contributed by atoms with E-state index in [2.05, 4.69) is 9.88 Å². The van der Waals surface area contributed by atoms with Gasteiger partial charge in [0.05, 0.1) is 21.3 Å². The lowest BCUT2D eigenvalue weighted by molar-refractivity contribution is 0.0628. The zero-order valence-electron chi connectivity index (χ0n) is 22.2. The van der Waals surface area contributed by atoms with Gasteiger partial charge in [-0.3, -0.25) is 14.7 Å². The van der Waals surface area contributed by atoms with Gasteiger partial charge in [-0.25, -0.2) is 0 Å². The number of pyridine rings is 1. The van der Waals surface area contributed by atoms with E-state index in [-0.39, 0.29) is 31.4 Å². The van der Waals surface area contributed by atoms with Gasteiger partial charge in [-0.05, 0) is 54.1 Å². The largest absolute Gasteiger partial charge is 0.336 e. The van der Waals surface area contributed by atoms with Crippen molar-refractivity contribution in [2.24, 2.45) is 0 Å². The van der Waals surface area contributed by atoms with Crippen molar-refractivity contribution in [3.8, 4) is 0 Å². The minimum atomic E-state index is -4.71. The molecule has 0 bridgehead atoms. The molecule has 1 saturated heterocycles. The molecule has 218 valence electrons. The molecule has 4 aromatic rings. The zero-order chi connectivity index (χ0) is 29.9. The summed E-state index contributed by atoms with van der Waals surface area (Å²) in [6, 6.07) is 21.1. The van der Waals surface area contributed by atoms with Crippen molar-refractivity contribution >= 4 is 54.8 Å². The predicted molar refractivity (Wildman–Crippen MR) is 162 cm³/mol. The Labute approximate surface area is 255 Å². The van der Waals surface area contributed by atoms with Crippen LogP contribution in [0, 0.1) is 0 Å². The lowest BCUT2D eigenvalue weighted by atomic mass is 10.1. The number of benzene rings is 3. The quantitative estimate of drug-likeness (QED) is 0.268. The second kappa shape index (κ2) is 12.4. The molecule has 3 aromatic carbocycles. The van der Waals surface area contributed by atoms with Crippen LogP contribution in [0.15, 0.2) is 107 Å². The smallest absolute Gasteiger partial charge is 0.279 e. The third-order valence-corrected chi connectivity index (χ3v) is 11.9. The Morgan fingerprint density at radius 1 is 0.762 bits per heavy atom. The molecule has 0 spiro atoms. The van der Waals surface area contributed by atoms with Gasteiger partial charge < -0.3 is 4.90 Å². The third-order valence-electron chi connectivity index (χ3n) is 6.76. The molecule has 0 radical (unpaired) electrons. The van der Waals surface area contributed by atoms with Gasteiger partial charge in [0.1, 0.15) is 9.79 Å². The predicted octanol–water partition coefficient (Wildman–Crippen LogP) is 4.93. The van der Waals surface area contributed by atoms with E-state index in [9.17, 15) is 21.6 Å². The van der Waals surface area contributed by atoms with Crippen LogP contribution in [0.3, 0.4) is 0 Å². The fourth-order valence-corrected chi connectivity index (χ4v) is 9.34. The fourth-order valence-electron chi connectivity index (χ4n) is 4.70. The lowest BCUT2D eigenvalue weighted by Crippen LogP contribution is -2.48. The minimum Gasteiger partial charge on any atom is -0.336 e. The standard InChI is InChI=1S/C29H26Cl2N4O5S2/c30-25-10-1-3-12-27(25)41(37,38)35(42(39,40)28-13-4-2-11-26(28)31)24-9-5-7-22(19-24)21-33-15-17-34(18-16-33)29(36)23-8-6-14-32-20-23/h1-14,19-20H,15-18,21H2. The highest BCUT2D eigenvalue weighted by molar-refractivity contribution is 8.10. The van der Waals surface area contributed by atoms with E-state index in [0.717, 1.165) is 0 Å². The summed E-state index contributed by atoms with van der Waals surface area (Å²) in [5.74, 6) is -0.0880. The van der Waals surface area contributed by atoms with Crippen LogP contribution in [-0.2, 0) is 26.6 Å². The fraction of sp³-hybridized carbons (Fsp3) is 0.172. The van der Waals surface area contributed by atoms with Gasteiger partial charge in [0, 0.05) is 45.1 Å². The molecule has 0 atom stereocenters. The summed E-state index contributed by atoms with van der Waals surface area (Å²) >= 11 is 12.5. The highest BCUT2D eigenvalue weighted by Gasteiger charge is 2.39. The van der Waals surface area contributed by atoms with Crippen molar-refractivity contribution in [1.82, 2.24) is 14.8 Å². The van der Waals surface area contributed by atoms with E-state index < -0.39 is 20.0 Å². The number of sulfonamides is 2. The SMILES string of the molecule is O=C(c1cccnc1)N1CCN(Cc2cccc(N(S(=O)(=O)c3ccccc3Cl)S(=O)(=O)c3ccccc3Cl)c2)CC1. The van der Waals surface area contributed by atoms with Crippen LogP contribution < -0.4 is 3.71 Å². The Morgan fingerprint density at radius 2 is 1.36 bits per heavy atom. The summed E-state index contributed by atoms with van der Waals surface area (Å²) in [4.78, 5) is 20.0. The van der Waals surface area contributed by atoms with Crippen LogP contribution in [0.25, 0.3) is 0 Å². The summed E-state index contributed by atoms with van der Waals surface area (Å²) in [7, 11) is -9.42. The maximum Gasteiger partial charge on any atom is 0.279 e. The molecular weight excluding hydrogens is 619 g/mol. The number of anilines is 1. The summed E-state index contributed by atoms with van der Waals surface area (Å²) in [5.41, 5.74) is 1.13. The molecule has 1 aliphatic heterocycles. The molecule has 1 fully saturated rings. The van der Waals surface area contributed by atoms with E-state index in [1.54, 1.807) is 53.7 Å². The Kier molecular flexibility index (Phi) is 8.86. The number of carbonyl (C=O) groups excluding carboxylic acids is 1. The Morgan fingerprint density at radius 3 is 1.90 bits per heavy atom. The molecule has 1 aromatic heterocycles. The lowest BCUT2D eigenvalue weighted by Gasteiger charge is -2.35. The Hall–Kier alpha value is -3.48. The first-order valence-electron chi connectivity index (χ1n) is 12.9. The van der Waals surface area contributed by atoms with E-state index in [1.165, 1.54) is 48.5 Å². The maximum absolute atomic E-state index is 14.0. The second-order valence-corrected chi connectivity index (χ2v) is 14.1.